The first-order valence-corrected chi connectivity index (χ1v) is 10.4. The van der Waals surface area contributed by atoms with Crippen LogP contribution in [0.15, 0.2) is 0 Å². The van der Waals surface area contributed by atoms with Crippen LogP contribution in [-0.4, -0.2) is 38.7 Å². The van der Waals surface area contributed by atoms with Gasteiger partial charge in [0.2, 0.25) is 0 Å². The molecule has 0 aromatic rings. The van der Waals surface area contributed by atoms with Crippen LogP contribution in [0.25, 0.3) is 0 Å². The number of nitrogens with zero attached hydrogens (tertiary/aromatic N) is 1. The Morgan fingerprint density at radius 1 is 1.17 bits per heavy atom. The van der Waals surface area contributed by atoms with E-state index in [2.05, 4.69) is 26.3 Å². The summed E-state index contributed by atoms with van der Waals surface area (Å²) in [6.45, 7) is 0. The molecule has 0 N–H and O–H groups in total. The van der Waals surface area contributed by atoms with Crippen molar-refractivity contribution >= 4 is 21.7 Å². The fraction of sp³-hybridized carbons (Fsp3) is 1.00. The molecule has 0 atom stereocenters. The van der Waals surface area contributed by atoms with Crippen molar-refractivity contribution in [2.75, 3.05) is 14.1 Å². The molecule has 0 unspecified atom stereocenters. The monoisotopic (exact) mass is 189 g/mol. The summed E-state index contributed by atoms with van der Waals surface area (Å²) in [6, 6.07) is 0. The van der Waals surface area contributed by atoms with E-state index in [9.17, 15) is 0 Å². The summed E-state index contributed by atoms with van der Waals surface area (Å²) in [6.07, 6.45) is 0. The maximum absolute atomic E-state index is 2.38. The van der Waals surface area contributed by atoms with Crippen molar-refractivity contribution in [2.24, 2.45) is 0 Å². The van der Waals surface area contributed by atoms with Crippen LogP contribution < -0.4 is 0 Å². The summed E-state index contributed by atoms with van der Waals surface area (Å²) in [7, 11) is 4.33. The molecule has 0 aliphatic rings. The van der Waals surface area contributed by atoms with Gasteiger partial charge in [-0.1, -0.05) is 0 Å². The van der Waals surface area contributed by atoms with Gasteiger partial charge in [-0.05, 0) is 0 Å². The van der Waals surface area contributed by atoms with E-state index < -0.39 is 21.7 Å². The molecule has 1 nitrogen and oxygen atoms in total. The van der Waals surface area contributed by atoms with Gasteiger partial charge in [0.25, 0.3) is 0 Å². The Morgan fingerprint density at radius 2 is 1.33 bits per heavy atom. The van der Waals surface area contributed by atoms with Crippen LogP contribution in [0.2, 0.25) is 9.36 Å². The van der Waals surface area contributed by atoms with Crippen LogP contribution in [0.1, 0.15) is 0 Å². The number of hydrogen-bond donors (Lipinski definition) is 0. The number of hydrogen-bond acceptors (Lipinski definition) is 1. The summed E-state index contributed by atoms with van der Waals surface area (Å²) in [5, 5.41) is 0. The topological polar surface area (TPSA) is 3.24 Å². The fourth-order valence-corrected chi connectivity index (χ4v) is 0. The zero-order valence-electron chi connectivity index (χ0n) is 5.02. The van der Waals surface area contributed by atoms with Crippen molar-refractivity contribution < 1.29 is 0 Å². The SMILES string of the molecule is C[N](C)[In]([CH3])[CH3]. The molecular weight excluding hydrogens is 177 g/mol. The Balaban J connectivity index is 2.99. The van der Waals surface area contributed by atoms with Crippen LogP contribution >= 0.6 is 0 Å². The Labute approximate surface area is 48.3 Å². The van der Waals surface area contributed by atoms with Crippen LogP contribution in [0.5, 0.6) is 0 Å². The zero-order valence-corrected chi connectivity index (χ0v) is 8.32. The second-order valence-electron chi connectivity index (χ2n) is 2.06. The molecule has 0 aromatic heterocycles. The van der Waals surface area contributed by atoms with E-state index in [1.807, 2.05) is 0 Å². The Kier molecular flexibility index (Phi) is 3.32. The third-order valence-electron chi connectivity index (χ3n) is 1.03. The van der Waals surface area contributed by atoms with Crippen molar-refractivity contribution in [3.63, 3.8) is 0 Å². The third kappa shape index (κ3) is 3.04. The molecule has 0 amide bonds. The quantitative estimate of drug-likeness (QED) is 0.589. The second kappa shape index (κ2) is 2.92. The first-order chi connectivity index (χ1) is 2.64. The molecule has 36 valence electrons. The maximum atomic E-state index is 2.38. The zero-order chi connectivity index (χ0) is 5.15. The molecule has 0 saturated carbocycles. The molecule has 0 spiro atoms. The summed E-state index contributed by atoms with van der Waals surface area (Å²) < 4.78 is 7.13. The van der Waals surface area contributed by atoms with Crippen molar-refractivity contribution in [2.45, 2.75) is 9.36 Å². The Hall–Kier alpha value is 0.830. The molecular formula is C4H12InN. The van der Waals surface area contributed by atoms with Gasteiger partial charge in [-0.2, -0.15) is 0 Å². The van der Waals surface area contributed by atoms with E-state index in [1.54, 1.807) is 0 Å². The van der Waals surface area contributed by atoms with E-state index in [1.165, 1.54) is 0 Å². The van der Waals surface area contributed by atoms with Gasteiger partial charge in [-0.25, -0.2) is 0 Å². The average Bonchev–Trinajstić information content (AvgIpc) is 1.36. The predicted molar refractivity (Wildman–Crippen MR) is 31.2 cm³/mol. The van der Waals surface area contributed by atoms with E-state index >= 15 is 0 Å². The normalized spacial score (nSPS) is 9.50. The van der Waals surface area contributed by atoms with Crippen LogP contribution in [0.3, 0.4) is 0 Å². The van der Waals surface area contributed by atoms with Gasteiger partial charge >= 0.3 is 48.1 Å². The Bertz CT molecular complexity index is 28.5. The molecule has 0 radical (unpaired) electrons. The van der Waals surface area contributed by atoms with E-state index in [0.29, 0.717) is 0 Å². The summed E-state index contributed by atoms with van der Waals surface area (Å²) in [5.41, 5.74) is 0. The van der Waals surface area contributed by atoms with Gasteiger partial charge in [-0.3, -0.25) is 0 Å². The van der Waals surface area contributed by atoms with Gasteiger partial charge in [0, 0.05) is 0 Å². The Morgan fingerprint density at radius 3 is 1.33 bits per heavy atom. The van der Waals surface area contributed by atoms with E-state index in [4.69, 9.17) is 0 Å². The molecule has 0 saturated heterocycles. The fourth-order valence-electron chi connectivity index (χ4n) is 0. The third-order valence-corrected chi connectivity index (χ3v) is 6.93. The molecule has 0 aromatic carbocycles. The first kappa shape index (κ1) is 6.83. The molecule has 0 rings (SSSR count). The van der Waals surface area contributed by atoms with E-state index in [-0.39, 0.29) is 0 Å². The summed E-state index contributed by atoms with van der Waals surface area (Å²) >= 11 is -0.971. The molecule has 0 heterocycles. The standard InChI is InChI=1S/C2H6N.2CH3.In/c1-3-2;;;/h1-2H3;2*1H3;/q-1;;;+1. The molecule has 0 fully saturated rings. The minimum absolute atomic E-state index is 0.971. The van der Waals surface area contributed by atoms with Crippen molar-refractivity contribution in [1.82, 2.24) is 2.89 Å². The molecule has 2 heteroatoms. The summed E-state index contributed by atoms with van der Waals surface area (Å²) in [5.74, 6) is 0. The molecule has 0 aliphatic carbocycles. The van der Waals surface area contributed by atoms with Crippen molar-refractivity contribution in [1.29, 1.82) is 0 Å². The van der Waals surface area contributed by atoms with Gasteiger partial charge < -0.3 is 0 Å². The first-order valence-electron chi connectivity index (χ1n) is 2.31. The van der Waals surface area contributed by atoms with Gasteiger partial charge in [0.05, 0.1) is 0 Å². The predicted octanol–water partition coefficient (Wildman–Crippen LogP) is 0.799. The van der Waals surface area contributed by atoms with E-state index in [0.717, 1.165) is 0 Å². The molecule has 0 aliphatic heterocycles. The van der Waals surface area contributed by atoms with Crippen molar-refractivity contribution in [3.05, 3.63) is 0 Å². The van der Waals surface area contributed by atoms with Crippen LogP contribution in [0.4, 0.5) is 0 Å². The van der Waals surface area contributed by atoms with Gasteiger partial charge in [-0.15, -0.1) is 0 Å². The van der Waals surface area contributed by atoms with Gasteiger partial charge in [0.1, 0.15) is 0 Å². The average molecular weight is 189 g/mol. The van der Waals surface area contributed by atoms with Crippen molar-refractivity contribution in [3.8, 4) is 0 Å². The molecule has 0 bridgehead atoms. The summed E-state index contributed by atoms with van der Waals surface area (Å²) in [4.78, 5) is 0. The minimum atomic E-state index is -0.971. The second-order valence-corrected chi connectivity index (χ2v) is 11.2. The van der Waals surface area contributed by atoms with Crippen LogP contribution in [0, 0.1) is 0 Å². The number of rotatable bonds is 1. The van der Waals surface area contributed by atoms with Crippen LogP contribution in [-0.2, 0) is 0 Å². The molecule has 6 heavy (non-hydrogen) atoms. The van der Waals surface area contributed by atoms with Gasteiger partial charge in [0.15, 0.2) is 0 Å².